The third kappa shape index (κ3) is 5.14. The van der Waals surface area contributed by atoms with Crippen molar-refractivity contribution in [3.63, 3.8) is 0 Å². The van der Waals surface area contributed by atoms with E-state index < -0.39 is 5.60 Å². The van der Waals surface area contributed by atoms with E-state index in [4.69, 9.17) is 21.1 Å². The molecule has 0 aromatic heterocycles. The molecule has 1 unspecified atom stereocenters. The summed E-state index contributed by atoms with van der Waals surface area (Å²) in [6.07, 6.45) is 0.389. The van der Waals surface area contributed by atoms with Gasteiger partial charge in [0, 0.05) is 17.4 Å². The molecule has 1 fully saturated rings. The van der Waals surface area contributed by atoms with Crippen molar-refractivity contribution in [3.8, 4) is 0 Å². The minimum atomic E-state index is -0.482. The van der Waals surface area contributed by atoms with Crippen LogP contribution >= 0.6 is 27.5 Å². The Morgan fingerprint density at radius 3 is 2.86 bits per heavy atom. The Labute approximate surface area is 144 Å². The normalized spacial score (nSPS) is 19.1. The molecule has 1 aliphatic heterocycles. The van der Waals surface area contributed by atoms with Crippen molar-refractivity contribution < 1.29 is 14.3 Å². The molecule has 1 heterocycles. The van der Waals surface area contributed by atoms with Crippen molar-refractivity contribution in [1.29, 1.82) is 0 Å². The third-order valence-corrected chi connectivity index (χ3v) is 4.47. The quantitative estimate of drug-likeness (QED) is 0.756. The van der Waals surface area contributed by atoms with Crippen molar-refractivity contribution in [2.45, 2.75) is 38.9 Å². The molecule has 1 aliphatic rings. The Morgan fingerprint density at radius 2 is 2.23 bits per heavy atom. The van der Waals surface area contributed by atoms with E-state index in [9.17, 15) is 4.79 Å². The molecule has 0 spiro atoms. The van der Waals surface area contributed by atoms with Crippen molar-refractivity contribution in [3.05, 3.63) is 33.3 Å². The van der Waals surface area contributed by atoms with Crippen LogP contribution in [0.5, 0.6) is 0 Å². The molecule has 1 amide bonds. The fraction of sp³-hybridized carbons (Fsp3) is 0.562. The predicted octanol–water partition coefficient (Wildman–Crippen LogP) is 4.28. The second-order valence-electron chi connectivity index (χ2n) is 6.37. The van der Waals surface area contributed by atoms with E-state index in [0.29, 0.717) is 31.1 Å². The molecule has 1 aromatic carbocycles. The van der Waals surface area contributed by atoms with Crippen LogP contribution in [0.2, 0.25) is 5.02 Å². The average Bonchev–Trinajstić information content (AvgIpc) is 2.41. The first-order valence-electron chi connectivity index (χ1n) is 7.28. The number of rotatable bonds is 2. The van der Waals surface area contributed by atoms with Gasteiger partial charge in [-0.1, -0.05) is 17.7 Å². The first kappa shape index (κ1) is 17.6. The standard InChI is InChI=1S/C16H21BrClNO3/c1-16(2,3)22-15(20)19-6-7-21-12(10-19)8-11-4-5-13(17)14(18)9-11/h4-5,9,12H,6-8,10H2,1-3H3. The fourth-order valence-corrected chi connectivity index (χ4v) is 2.71. The van der Waals surface area contributed by atoms with Crippen LogP contribution in [-0.4, -0.2) is 42.4 Å². The van der Waals surface area contributed by atoms with Crippen LogP contribution in [-0.2, 0) is 15.9 Å². The predicted molar refractivity (Wildman–Crippen MR) is 90.4 cm³/mol. The lowest BCUT2D eigenvalue weighted by molar-refractivity contribution is -0.0415. The number of ether oxygens (including phenoxy) is 2. The van der Waals surface area contributed by atoms with Gasteiger partial charge >= 0.3 is 6.09 Å². The van der Waals surface area contributed by atoms with Crippen molar-refractivity contribution in [2.75, 3.05) is 19.7 Å². The Hall–Kier alpha value is -0.780. The van der Waals surface area contributed by atoms with Crippen LogP contribution in [0.25, 0.3) is 0 Å². The molecule has 0 bridgehead atoms. The topological polar surface area (TPSA) is 38.8 Å². The molecule has 22 heavy (non-hydrogen) atoms. The number of carbonyl (C=O) groups excluding carboxylic acids is 1. The van der Waals surface area contributed by atoms with Crippen molar-refractivity contribution in [2.24, 2.45) is 0 Å². The summed E-state index contributed by atoms with van der Waals surface area (Å²) < 4.78 is 12.0. The van der Waals surface area contributed by atoms with Gasteiger partial charge in [-0.3, -0.25) is 0 Å². The van der Waals surface area contributed by atoms with Gasteiger partial charge in [0.2, 0.25) is 0 Å². The van der Waals surface area contributed by atoms with Crippen molar-refractivity contribution >= 4 is 33.6 Å². The maximum Gasteiger partial charge on any atom is 0.410 e. The Bertz CT molecular complexity index is 545. The summed E-state index contributed by atoms with van der Waals surface area (Å²) in [6.45, 7) is 7.22. The summed E-state index contributed by atoms with van der Waals surface area (Å²) >= 11 is 9.49. The Balaban J connectivity index is 1.95. The smallest absolute Gasteiger partial charge is 0.410 e. The number of halogens is 2. The highest BCUT2D eigenvalue weighted by Gasteiger charge is 2.28. The second-order valence-corrected chi connectivity index (χ2v) is 7.63. The zero-order valence-corrected chi connectivity index (χ0v) is 15.4. The van der Waals surface area contributed by atoms with Gasteiger partial charge in [-0.15, -0.1) is 0 Å². The molecule has 2 rings (SSSR count). The first-order chi connectivity index (χ1) is 10.2. The van der Waals surface area contributed by atoms with Crippen LogP contribution in [0.15, 0.2) is 22.7 Å². The van der Waals surface area contributed by atoms with Gasteiger partial charge < -0.3 is 14.4 Å². The van der Waals surface area contributed by atoms with Crippen LogP contribution < -0.4 is 0 Å². The van der Waals surface area contributed by atoms with Gasteiger partial charge in [0.25, 0.3) is 0 Å². The molecular weight excluding hydrogens is 370 g/mol. The summed E-state index contributed by atoms with van der Waals surface area (Å²) in [5, 5.41) is 0.678. The summed E-state index contributed by atoms with van der Waals surface area (Å²) in [4.78, 5) is 13.8. The molecular formula is C16H21BrClNO3. The summed E-state index contributed by atoms with van der Waals surface area (Å²) in [6, 6.07) is 5.85. The molecule has 0 radical (unpaired) electrons. The lowest BCUT2D eigenvalue weighted by atomic mass is 10.1. The molecule has 4 nitrogen and oxygen atoms in total. The maximum absolute atomic E-state index is 12.1. The number of nitrogens with zero attached hydrogens (tertiary/aromatic N) is 1. The van der Waals surface area contributed by atoms with E-state index in [1.807, 2.05) is 39.0 Å². The SMILES string of the molecule is CC(C)(C)OC(=O)N1CCOC(Cc2ccc(Br)c(Cl)c2)C1. The van der Waals surface area contributed by atoms with E-state index in [0.717, 1.165) is 10.0 Å². The average molecular weight is 391 g/mol. The van der Waals surface area contributed by atoms with Gasteiger partial charge in [-0.2, -0.15) is 0 Å². The number of morpholine rings is 1. The monoisotopic (exact) mass is 389 g/mol. The van der Waals surface area contributed by atoms with E-state index in [-0.39, 0.29) is 12.2 Å². The molecule has 1 saturated heterocycles. The molecule has 1 atom stereocenters. The van der Waals surface area contributed by atoms with E-state index in [1.165, 1.54) is 0 Å². The van der Waals surface area contributed by atoms with E-state index in [1.54, 1.807) is 4.90 Å². The molecule has 122 valence electrons. The highest BCUT2D eigenvalue weighted by Crippen LogP contribution is 2.24. The zero-order valence-electron chi connectivity index (χ0n) is 13.1. The molecule has 0 N–H and O–H groups in total. The van der Waals surface area contributed by atoms with Gasteiger partial charge in [-0.25, -0.2) is 4.79 Å². The number of benzene rings is 1. The van der Waals surface area contributed by atoms with Gasteiger partial charge in [-0.05, 0) is 54.4 Å². The second kappa shape index (κ2) is 7.20. The highest BCUT2D eigenvalue weighted by atomic mass is 79.9. The van der Waals surface area contributed by atoms with Crippen LogP contribution in [0, 0.1) is 0 Å². The lowest BCUT2D eigenvalue weighted by Crippen LogP contribution is -2.48. The van der Waals surface area contributed by atoms with Gasteiger partial charge in [0.05, 0.1) is 24.3 Å². The summed E-state index contributed by atoms with van der Waals surface area (Å²) in [5.41, 5.74) is 0.605. The first-order valence-corrected chi connectivity index (χ1v) is 8.45. The lowest BCUT2D eigenvalue weighted by Gasteiger charge is -2.34. The van der Waals surface area contributed by atoms with Crippen LogP contribution in [0.4, 0.5) is 4.79 Å². The summed E-state index contributed by atoms with van der Waals surface area (Å²) in [7, 11) is 0. The van der Waals surface area contributed by atoms with Gasteiger partial charge in [0.15, 0.2) is 0 Å². The number of amides is 1. The zero-order chi connectivity index (χ0) is 16.3. The number of carbonyl (C=O) groups is 1. The highest BCUT2D eigenvalue weighted by molar-refractivity contribution is 9.10. The maximum atomic E-state index is 12.1. The minimum absolute atomic E-state index is 0.0430. The Kier molecular flexibility index (Phi) is 5.75. The van der Waals surface area contributed by atoms with E-state index in [2.05, 4.69) is 15.9 Å². The molecule has 6 heteroatoms. The van der Waals surface area contributed by atoms with Crippen LogP contribution in [0.1, 0.15) is 26.3 Å². The third-order valence-electron chi connectivity index (χ3n) is 3.24. The van der Waals surface area contributed by atoms with E-state index >= 15 is 0 Å². The van der Waals surface area contributed by atoms with Crippen LogP contribution in [0.3, 0.4) is 0 Å². The molecule has 0 saturated carbocycles. The molecule has 1 aromatic rings. The Morgan fingerprint density at radius 1 is 1.50 bits per heavy atom. The summed E-state index contributed by atoms with van der Waals surface area (Å²) in [5.74, 6) is 0. The number of hydrogen-bond acceptors (Lipinski definition) is 3. The van der Waals surface area contributed by atoms with Crippen molar-refractivity contribution in [1.82, 2.24) is 4.90 Å². The largest absolute Gasteiger partial charge is 0.444 e. The molecule has 0 aliphatic carbocycles. The minimum Gasteiger partial charge on any atom is -0.444 e. The number of hydrogen-bond donors (Lipinski definition) is 0. The fourth-order valence-electron chi connectivity index (χ4n) is 2.26. The van der Waals surface area contributed by atoms with Gasteiger partial charge in [0.1, 0.15) is 5.60 Å².